The van der Waals surface area contributed by atoms with E-state index in [1.54, 1.807) is 13.0 Å². The monoisotopic (exact) mass is 359 g/mol. The van der Waals surface area contributed by atoms with Crippen LogP contribution < -0.4 is 15.7 Å². The summed E-state index contributed by atoms with van der Waals surface area (Å²) in [5.74, 6) is -1.23. The molecule has 0 fully saturated rings. The number of ether oxygens (including phenoxy) is 1. The minimum Gasteiger partial charge on any atom is -0.480 e. The second-order valence-electron chi connectivity index (χ2n) is 6.59. The number of benzene rings is 1. The number of nitrogens with one attached hydrogen (secondary N) is 1. The van der Waals surface area contributed by atoms with Crippen LogP contribution in [0.4, 0.5) is 0 Å². The number of carbonyl (C=O) groups is 2. The summed E-state index contributed by atoms with van der Waals surface area (Å²) < 4.78 is 11.2. The first-order valence-corrected chi connectivity index (χ1v) is 8.57. The smallest absolute Gasteiger partial charge is 0.339 e. The molecule has 2 atom stereocenters. The van der Waals surface area contributed by atoms with Crippen molar-refractivity contribution >= 4 is 22.8 Å². The van der Waals surface area contributed by atoms with Crippen LogP contribution in [0, 0.1) is 6.92 Å². The van der Waals surface area contributed by atoms with Crippen molar-refractivity contribution in [1.82, 2.24) is 5.32 Å². The highest BCUT2D eigenvalue weighted by Gasteiger charge is 2.24. The van der Waals surface area contributed by atoms with Gasteiger partial charge in [0.15, 0.2) is 6.10 Å². The Morgan fingerprint density at radius 1 is 1.23 bits per heavy atom. The Balaban J connectivity index is 1.89. The molecule has 2 aromatic rings. The van der Waals surface area contributed by atoms with E-state index in [0.717, 1.165) is 35.8 Å². The number of carbonyl (C=O) groups excluding carboxylic acids is 1. The number of amides is 1. The summed E-state index contributed by atoms with van der Waals surface area (Å²) in [6.45, 7) is 4.68. The first kappa shape index (κ1) is 18.0. The van der Waals surface area contributed by atoms with Gasteiger partial charge >= 0.3 is 11.6 Å². The molecule has 0 bridgehead atoms. The molecule has 1 heterocycles. The van der Waals surface area contributed by atoms with Crippen LogP contribution in [-0.2, 0) is 22.4 Å². The largest absolute Gasteiger partial charge is 0.480 e. The van der Waals surface area contributed by atoms with Gasteiger partial charge < -0.3 is 19.6 Å². The maximum Gasteiger partial charge on any atom is 0.339 e. The third kappa shape index (κ3) is 3.16. The minimum absolute atomic E-state index is 0.314. The normalized spacial score (nSPS) is 15.3. The SMILES string of the molecule is Cc1c(OC(C)C(=O)NC(C)C(=O)O)ccc2c3c(c(=O)oc12)CCC3. The Hall–Kier alpha value is -2.83. The van der Waals surface area contributed by atoms with Gasteiger partial charge in [-0.2, -0.15) is 0 Å². The first-order valence-electron chi connectivity index (χ1n) is 8.57. The van der Waals surface area contributed by atoms with E-state index in [4.69, 9.17) is 14.3 Å². The predicted octanol–water partition coefficient (Wildman–Crippen LogP) is 1.95. The highest BCUT2D eigenvalue weighted by Crippen LogP contribution is 2.33. The summed E-state index contributed by atoms with van der Waals surface area (Å²) in [4.78, 5) is 35.1. The molecule has 26 heavy (non-hydrogen) atoms. The zero-order valence-electron chi connectivity index (χ0n) is 14.9. The Bertz CT molecular complexity index is 945. The average molecular weight is 359 g/mol. The summed E-state index contributed by atoms with van der Waals surface area (Å²) >= 11 is 0. The van der Waals surface area contributed by atoms with Crippen LogP contribution in [0.5, 0.6) is 5.75 Å². The van der Waals surface area contributed by atoms with Crippen molar-refractivity contribution < 1.29 is 23.8 Å². The molecule has 7 heteroatoms. The highest BCUT2D eigenvalue weighted by atomic mass is 16.5. The lowest BCUT2D eigenvalue weighted by atomic mass is 10.0. The molecule has 0 spiro atoms. The minimum atomic E-state index is -1.12. The molecule has 1 aromatic heterocycles. The molecule has 0 saturated heterocycles. The topological polar surface area (TPSA) is 106 Å². The standard InChI is InChI=1S/C19H21NO6/c1-9-15(25-11(3)17(21)20-10(2)18(22)23)8-7-13-12-5-4-6-14(12)19(24)26-16(9)13/h7-8,10-11H,4-6H2,1-3H3,(H,20,21)(H,22,23). The molecule has 2 unspecified atom stereocenters. The average Bonchev–Trinajstić information content (AvgIpc) is 3.08. The maximum absolute atomic E-state index is 12.2. The van der Waals surface area contributed by atoms with Gasteiger partial charge in [-0.1, -0.05) is 0 Å². The molecule has 1 amide bonds. The number of carboxylic acid groups (broad SMARTS) is 1. The molecule has 0 radical (unpaired) electrons. The van der Waals surface area contributed by atoms with E-state index >= 15 is 0 Å². The second kappa shape index (κ2) is 6.82. The molecule has 0 saturated carbocycles. The quantitative estimate of drug-likeness (QED) is 0.791. The van der Waals surface area contributed by atoms with Crippen molar-refractivity contribution in [3.63, 3.8) is 0 Å². The van der Waals surface area contributed by atoms with Crippen LogP contribution in [0.25, 0.3) is 11.0 Å². The summed E-state index contributed by atoms with van der Waals surface area (Å²) in [5.41, 5.74) is 2.58. The Labute approximate surface area is 150 Å². The summed E-state index contributed by atoms with van der Waals surface area (Å²) in [7, 11) is 0. The van der Waals surface area contributed by atoms with Gasteiger partial charge in [0, 0.05) is 16.5 Å². The molecule has 7 nitrogen and oxygen atoms in total. The Morgan fingerprint density at radius 2 is 1.92 bits per heavy atom. The fourth-order valence-corrected chi connectivity index (χ4v) is 3.23. The summed E-state index contributed by atoms with van der Waals surface area (Å²) in [6.07, 6.45) is 1.64. The van der Waals surface area contributed by atoms with Crippen molar-refractivity contribution in [2.75, 3.05) is 0 Å². The van der Waals surface area contributed by atoms with Crippen LogP contribution in [0.15, 0.2) is 21.3 Å². The lowest BCUT2D eigenvalue weighted by Gasteiger charge is -2.18. The molecule has 2 N–H and O–H groups in total. The number of fused-ring (bicyclic) bond motifs is 3. The van der Waals surface area contributed by atoms with Crippen molar-refractivity contribution in [1.29, 1.82) is 0 Å². The van der Waals surface area contributed by atoms with Crippen LogP contribution in [0.2, 0.25) is 0 Å². The van der Waals surface area contributed by atoms with Gasteiger partial charge in [-0.05, 0) is 57.7 Å². The van der Waals surface area contributed by atoms with E-state index in [2.05, 4.69) is 5.32 Å². The number of hydrogen-bond acceptors (Lipinski definition) is 5. The number of aliphatic carboxylic acids is 1. The fraction of sp³-hybridized carbons (Fsp3) is 0.421. The number of hydrogen-bond donors (Lipinski definition) is 2. The lowest BCUT2D eigenvalue weighted by Crippen LogP contribution is -2.44. The third-order valence-electron chi connectivity index (χ3n) is 4.74. The van der Waals surface area contributed by atoms with Crippen LogP contribution >= 0.6 is 0 Å². The first-order chi connectivity index (χ1) is 12.3. The van der Waals surface area contributed by atoms with Crippen LogP contribution in [0.3, 0.4) is 0 Å². The fourth-order valence-electron chi connectivity index (χ4n) is 3.23. The third-order valence-corrected chi connectivity index (χ3v) is 4.74. The van der Waals surface area contributed by atoms with Crippen molar-refractivity contribution in [3.8, 4) is 5.75 Å². The molecule has 138 valence electrons. The van der Waals surface area contributed by atoms with Gasteiger partial charge in [0.2, 0.25) is 0 Å². The highest BCUT2D eigenvalue weighted by molar-refractivity contribution is 5.88. The number of aryl methyl sites for hydroxylation is 2. The van der Waals surface area contributed by atoms with E-state index in [1.807, 2.05) is 6.07 Å². The van der Waals surface area contributed by atoms with Crippen LogP contribution in [0.1, 0.15) is 37.0 Å². The molecular weight excluding hydrogens is 338 g/mol. The van der Waals surface area contributed by atoms with Gasteiger partial charge in [0.05, 0.1) is 0 Å². The molecule has 1 aromatic carbocycles. The van der Waals surface area contributed by atoms with E-state index in [0.29, 0.717) is 16.9 Å². The van der Waals surface area contributed by atoms with E-state index in [-0.39, 0.29) is 5.63 Å². The van der Waals surface area contributed by atoms with Gasteiger partial charge in [-0.3, -0.25) is 9.59 Å². The van der Waals surface area contributed by atoms with Gasteiger partial charge in [0.1, 0.15) is 17.4 Å². The van der Waals surface area contributed by atoms with Crippen LogP contribution in [-0.4, -0.2) is 29.1 Å². The molecule has 0 aliphatic heterocycles. The Morgan fingerprint density at radius 3 is 2.62 bits per heavy atom. The van der Waals surface area contributed by atoms with Gasteiger partial charge in [0.25, 0.3) is 5.91 Å². The van der Waals surface area contributed by atoms with Gasteiger partial charge in [-0.25, -0.2) is 4.79 Å². The second-order valence-corrected chi connectivity index (χ2v) is 6.59. The number of rotatable bonds is 5. The molecular formula is C19H21NO6. The Kier molecular flexibility index (Phi) is 4.71. The van der Waals surface area contributed by atoms with Crippen molar-refractivity contribution in [3.05, 3.63) is 39.2 Å². The zero-order valence-corrected chi connectivity index (χ0v) is 14.9. The lowest BCUT2D eigenvalue weighted by molar-refractivity contribution is -0.142. The summed E-state index contributed by atoms with van der Waals surface area (Å²) in [6, 6.07) is 2.59. The van der Waals surface area contributed by atoms with E-state index in [1.165, 1.54) is 13.8 Å². The maximum atomic E-state index is 12.2. The van der Waals surface area contributed by atoms with E-state index in [9.17, 15) is 14.4 Å². The predicted molar refractivity (Wildman–Crippen MR) is 94.6 cm³/mol. The molecule has 1 aliphatic carbocycles. The van der Waals surface area contributed by atoms with Gasteiger partial charge in [-0.15, -0.1) is 0 Å². The van der Waals surface area contributed by atoms with E-state index < -0.39 is 24.0 Å². The molecule has 1 aliphatic rings. The van der Waals surface area contributed by atoms with Crippen molar-refractivity contribution in [2.45, 2.75) is 52.2 Å². The molecule has 3 rings (SSSR count). The number of carboxylic acids is 1. The van der Waals surface area contributed by atoms with Crippen molar-refractivity contribution in [2.24, 2.45) is 0 Å². The summed E-state index contributed by atoms with van der Waals surface area (Å²) in [5, 5.41) is 12.1. The zero-order chi connectivity index (χ0) is 19.0.